The summed E-state index contributed by atoms with van der Waals surface area (Å²) in [6.45, 7) is 2.95. The lowest BCUT2D eigenvalue weighted by Crippen LogP contribution is -2.03. The smallest absolute Gasteiger partial charge is 0.0991 e. The molecule has 2 heteroatoms. The van der Waals surface area contributed by atoms with Crippen molar-refractivity contribution >= 4 is 0 Å². The summed E-state index contributed by atoms with van der Waals surface area (Å²) in [5, 5.41) is 8.70. The minimum absolute atomic E-state index is 0.585. The van der Waals surface area contributed by atoms with Crippen molar-refractivity contribution in [2.24, 2.45) is 5.73 Å². The Balaban J connectivity index is 2.70. The van der Waals surface area contributed by atoms with Crippen molar-refractivity contribution in [2.45, 2.75) is 32.1 Å². The normalized spacial score (nSPS) is 12.1. The van der Waals surface area contributed by atoms with Crippen LogP contribution in [0.3, 0.4) is 0 Å². The van der Waals surface area contributed by atoms with Crippen LogP contribution in [0.1, 0.15) is 43.2 Å². The number of nitrogens with two attached hydrogens (primary N) is 1. The van der Waals surface area contributed by atoms with Crippen LogP contribution in [-0.4, -0.2) is 6.54 Å². The zero-order chi connectivity index (χ0) is 11.1. The number of nitriles is 1. The average molecular weight is 202 g/mol. The lowest BCUT2D eigenvalue weighted by atomic mass is 9.91. The minimum Gasteiger partial charge on any atom is -0.330 e. The second kappa shape index (κ2) is 6.21. The second-order valence-corrected chi connectivity index (χ2v) is 3.77. The van der Waals surface area contributed by atoms with Gasteiger partial charge in [0.05, 0.1) is 11.6 Å². The Morgan fingerprint density at radius 2 is 2.00 bits per heavy atom. The molecule has 1 rings (SSSR count). The van der Waals surface area contributed by atoms with Crippen LogP contribution in [0.25, 0.3) is 0 Å². The van der Waals surface area contributed by atoms with Crippen molar-refractivity contribution in [3.63, 3.8) is 0 Å². The number of benzene rings is 1. The molecular formula is C13H18N2. The van der Waals surface area contributed by atoms with Crippen molar-refractivity contribution < 1.29 is 0 Å². The van der Waals surface area contributed by atoms with Gasteiger partial charge in [-0.05, 0) is 49.4 Å². The second-order valence-electron chi connectivity index (χ2n) is 3.77. The number of hydrogen-bond acceptors (Lipinski definition) is 2. The van der Waals surface area contributed by atoms with Crippen molar-refractivity contribution in [2.75, 3.05) is 6.54 Å². The van der Waals surface area contributed by atoms with E-state index in [1.54, 1.807) is 0 Å². The summed E-state index contributed by atoms with van der Waals surface area (Å²) >= 11 is 0. The lowest BCUT2D eigenvalue weighted by Gasteiger charge is -2.14. The molecule has 0 aliphatic rings. The molecule has 1 aromatic carbocycles. The SMILES string of the molecule is CCC(CCCN)c1ccc(C#N)cc1. The van der Waals surface area contributed by atoms with Gasteiger partial charge in [-0.15, -0.1) is 0 Å². The molecule has 0 amide bonds. The summed E-state index contributed by atoms with van der Waals surface area (Å²) in [5.74, 6) is 0.585. The van der Waals surface area contributed by atoms with E-state index in [0.717, 1.165) is 31.4 Å². The van der Waals surface area contributed by atoms with Crippen LogP contribution in [0.5, 0.6) is 0 Å². The molecule has 0 saturated heterocycles. The summed E-state index contributed by atoms with van der Waals surface area (Å²) in [4.78, 5) is 0. The third kappa shape index (κ3) is 3.38. The van der Waals surface area contributed by atoms with E-state index in [4.69, 9.17) is 11.0 Å². The summed E-state index contributed by atoms with van der Waals surface area (Å²) in [6, 6.07) is 10.0. The molecule has 0 aromatic heterocycles. The molecule has 0 fully saturated rings. The van der Waals surface area contributed by atoms with Gasteiger partial charge in [0.25, 0.3) is 0 Å². The third-order valence-corrected chi connectivity index (χ3v) is 2.76. The van der Waals surface area contributed by atoms with Crippen molar-refractivity contribution in [3.8, 4) is 6.07 Å². The first kappa shape index (κ1) is 11.7. The van der Waals surface area contributed by atoms with Gasteiger partial charge in [-0.1, -0.05) is 19.1 Å². The Hall–Kier alpha value is -1.33. The first-order valence-electron chi connectivity index (χ1n) is 5.52. The van der Waals surface area contributed by atoms with E-state index in [2.05, 4.69) is 25.1 Å². The van der Waals surface area contributed by atoms with Gasteiger partial charge in [0.1, 0.15) is 0 Å². The van der Waals surface area contributed by atoms with Crippen LogP contribution >= 0.6 is 0 Å². The molecule has 0 saturated carbocycles. The monoisotopic (exact) mass is 202 g/mol. The van der Waals surface area contributed by atoms with Crippen LogP contribution in [0.2, 0.25) is 0 Å². The number of hydrogen-bond donors (Lipinski definition) is 1. The molecule has 15 heavy (non-hydrogen) atoms. The highest BCUT2D eigenvalue weighted by molar-refractivity contribution is 5.32. The molecule has 1 unspecified atom stereocenters. The predicted molar refractivity (Wildman–Crippen MR) is 62.5 cm³/mol. The Morgan fingerprint density at radius 1 is 1.33 bits per heavy atom. The molecule has 0 aliphatic heterocycles. The topological polar surface area (TPSA) is 49.8 Å². The van der Waals surface area contributed by atoms with E-state index in [1.165, 1.54) is 5.56 Å². The summed E-state index contributed by atoms with van der Waals surface area (Å²) in [7, 11) is 0. The van der Waals surface area contributed by atoms with Crippen LogP contribution < -0.4 is 5.73 Å². The number of nitrogens with zero attached hydrogens (tertiary/aromatic N) is 1. The molecule has 0 aliphatic carbocycles. The van der Waals surface area contributed by atoms with E-state index < -0.39 is 0 Å². The molecule has 1 aromatic rings. The van der Waals surface area contributed by atoms with Gasteiger partial charge in [0.2, 0.25) is 0 Å². The van der Waals surface area contributed by atoms with E-state index in [-0.39, 0.29) is 0 Å². The van der Waals surface area contributed by atoms with Crippen LogP contribution in [0.15, 0.2) is 24.3 Å². The maximum atomic E-state index is 8.70. The molecule has 0 bridgehead atoms. The van der Waals surface area contributed by atoms with Gasteiger partial charge in [-0.2, -0.15) is 5.26 Å². The van der Waals surface area contributed by atoms with Gasteiger partial charge in [0.15, 0.2) is 0 Å². The highest BCUT2D eigenvalue weighted by Crippen LogP contribution is 2.24. The molecular weight excluding hydrogens is 184 g/mol. The predicted octanol–water partition coefficient (Wildman–Crippen LogP) is 2.79. The lowest BCUT2D eigenvalue weighted by molar-refractivity contribution is 0.581. The molecule has 0 heterocycles. The average Bonchev–Trinajstić information content (AvgIpc) is 2.31. The molecule has 2 N–H and O–H groups in total. The van der Waals surface area contributed by atoms with Gasteiger partial charge >= 0.3 is 0 Å². The fourth-order valence-electron chi connectivity index (χ4n) is 1.80. The Kier molecular flexibility index (Phi) is 4.86. The van der Waals surface area contributed by atoms with Gasteiger partial charge in [-0.3, -0.25) is 0 Å². The quantitative estimate of drug-likeness (QED) is 0.798. The maximum Gasteiger partial charge on any atom is 0.0991 e. The zero-order valence-electron chi connectivity index (χ0n) is 9.24. The fourth-order valence-corrected chi connectivity index (χ4v) is 1.80. The minimum atomic E-state index is 0.585. The molecule has 0 radical (unpaired) electrons. The van der Waals surface area contributed by atoms with Crippen LogP contribution in [-0.2, 0) is 0 Å². The van der Waals surface area contributed by atoms with E-state index in [9.17, 15) is 0 Å². The molecule has 0 spiro atoms. The van der Waals surface area contributed by atoms with Crippen molar-refractivity contribution in [1.29, 1.82) is 5.26 Å². The highest BCUT2D eigenvalue weighted by Gasteiger charge is 2.08. The summed E-state index contributed by atoms with van der Waals surface area (Å²) < 4.78 is 0. The molecule has 80 valence electrons. The third-order valence-electron chi connectivity index (χ3n) is 2.76. The Morgan fingerprint density at radius 3 is 2.47 bits per heavy atom. The molecule has 2 nitrogen and oxygen atoms in total. The summed E-state index contributed by atoms with van der Waals surface area (Å²) in [5.41, 5.74) is 7.57. The zero-order valence-corrected chi connectivity index (χ0v) is 9.24. The Labute approximate surface area is 91.7 Å². The maximum absolute atomic E-state index is 8.70. The highest BCUT2D eigenvalue weighted by atomic mass is 14.5. The van der Waals surface area contributed by atoms with Crippen molar-refractivity contribution in [3.05, 3.63) is 35.4 Å². The van der Waals surface area contributed by atoms with Gasteiger partial charge < -0.3 is 5.73 Å². The van der Waals surface area contributed by atoms with Crippen LogP contribution in [0, 0.1) is 11.3 Å². The molecule has 1 atom stereocenters. The summed E-state index contributed by atoms with van der Waals surface area (Å²) in [6.07, 6.45) is 3.34. The Bertz CT molecular complexity index is 321. The van der Waals surface area contributed by atoms with Gasteiger partial charge in [-0.25, -0.2) is 0 Å². The first-order chi connectivity index (χ1) is 7.31. The largest absolute Gasteiger partial charge is 0.330 e. The van der Waals surface area contributed by atoms with E-state index >= 15 is 0 Å². The first-order valence-corrected chi connectivity index (χ1v) is 5.52. The van der Waals surface area contributed by atoms with E-state index in [0.29, 0.717) is 5.92 Å². The van der Waals surface area contributed by atoms with Crippen LogP contribution in [0.4, 0.5) is 0 Å². The van der Waals surface area contributed by atoms with E-state index in [1.807, 2.05) is 12.1 Å². The van der Waals surface area contributed by atoms with Crippen molar-refractivity contribution in [1.82, 2.24) is 0 Å². The fraction of sp³-hybridized carbons (Fsp3) is 0.462. The van der Waals surface area contributed by atoms with Gasteiger partial charge in [0, 0.05) is 0 Å². The standard InChI is InChI=1S/C13H18N2/c1-2-12(4-3-9-14)13-7-5-11(10-15)6-8-13/h5-8,12H,2-4,9,14H2,1H3. The number of rotatable bonds is 5.